The molecule has 0 bridgehead atoms. The summed E-state index contributed by atoms with van der Waals surface area (Å²) in [5, 5.41) is 9.05. The minimum Gasteiger partial charge on any atom is -0.493 e. The van der Waals surface area contributed by atoms with Crippen molar-refractivity contribution in [2.45, 2.75) is 19.5 Å². The maximum absolute atomic E-state index is 13.8. The number of carbonyl (C=O) groups is 1. The number of halogens is 1. The van der Waals surface area contributed by atoms with Gasteiger partial charge >= 0.3 is 5.97 Å². The van der Waals surface area contributed by atoms with E-state index in [1.807, 2.05) is 0 Å². The molecule has 0 atom stereocenters. The summed E-state index contributed by atoms with van der Waals surface area (Å²) in [5.74, 6) is -0.896. The molecular weight excluding hydrogens is 227 g/mol. The smallest absolute Gasteiger partial charge is 0.339 e. The minimum atomic E-state index is -1.65. The zero-order valence-electron chi connectivity index (χ0n) is 10.2. The normalized spacial score (nSPS) is 11.1. The van der Waals surface area contributed by atoms with Gasteiger partial charge in [0.15, 0.2) is 11.5 Å². The maximum atomic E-state index is 13.8. The van der Waals surface area contributed by atoms with Crippen LogP contribution in [-0.4, -0.2) is 25.3 Å². The number of carboxylic acid groups (broad SMARTS) is 1. The van der Waals surface area contributed by atoms with Gasteiger partial charge in [0.25, 0.3) is 0 Å². The van der Waals surface area contributed by atoms with E-state index in [0.717, 1.165) is 0 Å². The molecule has 0 spiro atoms. The summed E-state index contributed by atoms with van der Waals surface area (Å²) < 4.78 is 23.8. The molecule has 0 unspecified atom stereocenters. The van der Waals surface area contributed by atoms with Crippen molar-refractivity contribution in [1.82, 2.24) is 0 Å². The van der Waals surface area contributed by atoms with Gasteiger partial charge in [0, 0.05) is 0 Å². The van der Waals surface area contributed by atoms with Crippen LogP contribution in [0.1, 0.15) is 29.8 Å². The molecule has 0 aliphatic carbocycles. The Kier molecular flexibility index (Phi) is 3.60. The second kappa shape index (κ2) is 4.61. The third-order valence-electron chi connectivity index (χ3n) is 2.40. The summed E-state index contributed by atoms with van der Waals surface area (Å²) in [4.78, 5) is 11.1. The number of ether oxygens (including phenoxy) is 2. The van der Waals surface area contributed by atoms with E-state index in [4.69, 9.17) is 14.6 Å². The number of hydrogen-bond acceptors (Lipinski definition) is 3. The van der Waals surface area contributed by atoms with Gasteiger partial charge in [0.1, 0.15) is 11.2 Å². The Morgan fingerprint density at radius 3 is 2.24 bits per heavy atom. The summed E-state index contributed by atoms with van der Waals surface area (Å²) in [7, 11) is 2.71. The van der Waals surface area contributed by atoms with E-state index < -0.39 is 11.6 Å². The molecule has 0 aliphatic heterocycles. The van der Waals surface area contributed by atoms with Crippen LogP contribution < -0.4 is 9.47 Å². The van der Waals surface area contributed by atoms with Gasteiger partial charge in [0.05, 0.1) is 14.2 Å². The van der Waals surface area contributed by atoms with E-state index in [1.54, 1.807) is 0 Å². The first-order chi connectivity index (χ1) is 7.81. The minimum absolute atomic E-state index is 0.0907. The zero-order chi connectivity index (χ0) is 13.2. The first-order valence-electron chi connectivity index (χ1n) is 5.00. The van der Waals surface area contributed by atoms with Crippen LogP contribution in [0.2, 0.25) is 0 Å². The number of hydrogen-bond donors (Lipinski definition) is 1. The largest absolute Gasteiger partial charge is 0.493 e. The van der Waals surface area contributed by atoms with Gasteiger partial charge in [-0.3, -0.25) is 0 Å². The van der Waals surface area contributed by atoms with Crippen LogP contribution in [0, 0.1) is 0 Å². The highest BCUT2D eigenvalue weighted by Crippen LogP contribution is 2.37. The summed E-state index contributed by atoms with van der Waals surface area (Å²) in [6.45, 7) is 2.69. The third kappa shape index (κ3) is 2.67. The SMILES string of the molecule is COc1cc(C(C)(C)F)cc(C(=O)O)c1OC. The maximum Gasteiger partial charge on any atom is 0.339 e. The molecule has 17 heavy (non-hydrogen) atoms. The van der Waals surface area contributed by atoms with Gasteiger partial charge in [-0.2, -0.15) is 0 Å². The van der Waals surface area contributed by atoms with Crippen molar-refractivity contribution in [3.63, 3.8) is 0 Å². The van der Waals surface area contributed by atoms with Crippen molar-refractivity contribution >= 4 is 5.97 Å². The Bertz CT molecular complexity index is 435. The Labute approximate surface area is 99.0 Å². The van der Waals surface area contributed by atoms with E-state index in [1.165, 1.54) is 40.2 Å². The molecule has 1 aromatic rings. The van der Waals surface area contributed by atoms with E-state index in [2.05, 4.69) is 0 Å². The fourth-order valence-electron chi connectivity index (χ4n) is 1.47. The van der Waals surface area contributed by atoms with Crippen molar-refractivity contribution in [3.05, 3.63) is 23.3 Å². The first kappa shape index (κ1) is 13.3. The van der Waals surface area contributed by atoms with Crippen LogP contribution in [-0.2, 0) is 5.67 Å². The number of aromatic carboxylic acids is 1. The lowest BCUT2D eigenvalue weighted by Crippen LogP contribution is -2.12. The van der Waals surface area contributed by atoms with Crippen molar-refractivity contribution in [2.75, 3.05) is 14.2 Å². The van der Waals surface area contributed by atoms with E-state index in [9.17, 15) is 9.18 Å². The molecule has 0 amide bonds. The average Bonchev–Trinajstić information content (AvgIpc) is 2.25. The van der Waals surface area contributed by atoms with Gasteiger partial charge in [-0.25, -0.2) is 9.18 Å². The lowest BCUT2D eigenvalue weighted by atomic mass is 9.97. The Morgan fingerprint density at radius 2 is 1.88 bits per heavy atom. The zero-order valence-corrected chi connectivity index (χ0v) is 10.2. The third-order valence-corrected chi connectivity index (χ3v) is 2.40. The van der Waals surface area contributed by atoms with E-state index in [-0.39, 0.29) is 22.6 Å². The molecule has 0 aliphatic rings. The van der Waals surface area contributed by atoms with E-state index in [0.29, 0.717) is 0 Å². The molecule has 0 saturated heterocycles. The molecular formula is C12H15FO4. The monoisotopic (exact) mass is 242 g/mol. The summed E-state index contributed by atoms with van der Waals surface area (Å²) in [6, 6.07) is 2.69. The molecule has 5 heteroatoms. The fourth-order valence-corrected chi connectivity index (χ4v) is 1.47. The average molecular weight is 242 g/mol. The van der Waals surface area contributed by atoms with Crippen molar-refractivity contribution < 1.29 is 23.8 Å². The van der Waals surface area contributed by atoms with Crippen molar-refractivity contribution in [2.24, 2.45) is 0 Å². The van der Waals surface area contributed by atoms with Crippen LogP contribution in [0.25, 0.3) is 0 Å². The summed E-state index contributed by atoms with van der Waals surface area (Å²) >= 11 is 0. The highest BCUT2D eigenvalue weighted by Gasteiger charge is 2.25. The molecule has 0 saturated carbocycles. The lowest BCUT2D eigenvalue weighted by molar-refractivity contribution is 0.0692. The predicted octanol–water partition coefficient (Wildman–Crippen LogP) is 2.61. The molecule has 0 fully saturated rings. The van der Waals surface area contributed by atoms with Gasteiger partial charge in [-0.1, -0.05) is 0 Å². The quantitative estimate of drug-likeness (QED) is 0.881. The summed E-state index contributed by atoms with van der Waals surface area (Å²) in [6.07, 6.45) is 0. The van der Waals surface area contributed by atoms with Crippen LogP contribution in [0.4, 0.5) is 4.39 Å². The highest BCUT2D eigenvalue weighted by atomic mass is 19.1. The summed E-state index contributed by atoms with van der Waals surface area (Å²) in [5.41, 5.74) is -1.54. The molecule has 0 radical (unpaired) electrons. The van der Waals surface area contributed by atoms with Crippen LogP contribution >= 0.6 is 0 Å². The second-order valence-electron chi connectivity index (χ2n) is 4.04. The van der Waals surface area contributed by atoms with Gasteiger partial charge < -0.3 is 14.6 Å². The number of carboxylic acids is 1. The number of rotatable bonds is 4. The number of benzene rings is 1. The Hall–Kier alpha value is -1.78. The van der Waals surface area contributed by atoms with E-state index >= 15 is 0 Å². The van der Waals surface area contributed by atoms with Gasteiger partial charge in [0.2, 0.25) is 0 Å². The fraction of sp³-hybridized carbons (Fsp3) is 0.417. The number of alkyl halides is 1. The molecule has 1 rings (SSSR count). The standard InChI is InChI=1S/C12H15FO4/c1-12(2,13)7-5-8(11(14)15)10(17-4)9(6-7)16-3/h5-6H,1-4H3,(H,14,15). The Balaban J connectivity index is 3.51. The topological polar surface area (TPSA) is 55.8 Å². The Morgan fingerprint density at radius 1 is 1.29 bits per heavy atom. The molecule has 4 nitrogen and oxygen atoms in total. The van der Waals surface area contributed by atoms with Gasteiger partial charge in [-0.05, 0) is 31.5 Å². The second-order valence-corrected chi connectivity index (χ2v) is 4.04. The molecule has 0 heterocycles. The highest BCUT2D eigenvalue weighted by molar-refractivity contribution is 5.92. The van der Waals surface area contributed by atoms with Crippen LogP contribution in [0.5, 0.6) is 11.5 Å². The van der Waals surface area contributed by atoms with Gasteiger partial charge in [-0.15, -0.1) is 0 Å². The first-order valence-corrected chi connectivity index (χ1v) is 5.00. The predicted molar refractivity (Wildman–Crippen MR) is 60.6 cm³/mol. The number of methoxy groups -OCH3 is 2. The molecule has 94 valence electrons. The van der Waals surface area contributed by atoms with Crippen molar-refractivity contribution in [1.29, 1.82) is 0 Å². The lowest BCUT2D eigenvalue weighted by Gasteiger charge is -2.18. The van der Waals surface area contributed by atoms with Crippen LogP contribution in [0.3, 0.4) is 0 Å². The molecule has 1 aromatic carbocycles. The van der Waals surface area contributed by atoms with Crippen molar-refractivity contribution in [3.8, 4) is 11.5 Å². The van der Waals surface area contributed by atoms with Crippen LogP contribution in [0.15, 0.2) is 12.1 Å². The molecule has 1 N–H and O–H groups in total. The molecule has 0 aromatic heterocycles.